The van der Waals surface area contributed by atoms with Crippen LogP contribution in [-0.2, 0) is 4.79 Å². The average Bonchev–Trinajstić information content (AvgIpc) is 2.91. The molecule has 2 aliphatic carbocycles. The molecule has 2 atom stereocenters. The van der Waals surface area contributed by atoms with Gasteiger partial charge in [0.15, 0.2) is 11.3 Å². The minimum absolute atomic E-state index is 0.00630. The third-order valence-electron chi connectivity index (χ3n) is 5.01. The molecule has 2 aliphatic rings. The van der Waals surface area contributed by atoms with Crippen molar-refractivity contribution in [3.8, 4) is 6.19 Å². The summed E-state index contributed by atoms with van der Waals surface area (Å²) in [5.41, 5.74) is 0. The van der Waals surface area contributed by atoms with Crippen LogP contribution in [0.5, 0.6) is 0 Å². The second-order valence-electron chi connectivity index (χ2n) is 6.55. The van der Waals surface area contributed by atoms with E-state index < -0.39 is 0 Å². The van der Waals surface area contributed by atoms with Gasteiger partial charge in [0.25, 0.3) is 0 Å². The van der Waals surface area contributed by atoms with Gasteiger partial charge in [-0.3, -0.25) is 4.79 Å². The molecular formula is C16H22N4OS. The summed E-state index contributed by atoms with van der Waals surface area (Å²) in [5, 5.41) is 14.9. The molecule has 0 aromatic carbocycles. The maximum Gasteiger partial charge on any atom is 0.229 e. The Balaban J connectivity index is 1.54. The van der Waals surface area contributed by atoms with Gasteiger partial charge in [0.05, 0.1) is 0 Å². The number of nitrogens with zero attached hydrogens (tertiary/aromatic N) is 2. The fourth-order valence-electron chi connectivity index (χ4n) is 3.50. The van der Waals surface area contributed by atoms with Gasteiger partial charge in [0.1, 0.15) is 0 Å². The maximum absolute atomic E-state index is 12.1. The molecule has 2 N–H and O–H groups in total. The highest BCUT2D eigenvalue weighted by molar-refractivity contribution is 7.15. The molecule has 3 rings (SSSR count). The Kier molecular flexibility index (Phi) is 4.63. The largest absolute Gasteiger partial charge is 0.321 e. The average molecular weight is 318 g/mol. The van der Waals surface area contributed by atoms with Crippen LogP contribution in [0.2, 0.25) is 0 Å². The number of carbonyl (C=O) groups excluding carboxylic acids is 1. The zero-order valence-electron chi connectivity index (χ0n) is 12.8. The summed E-state index contributed by atoms with van der Waals surface area (Å²) in [7, 11) is 0. The van der Waals surface area contributed by atoms with Crippen molar-refractivity contribution in [1.82, 2.24) is 10.3 Å². The van der Waals surface area contributed by atoms with Crippen molar-refractivity contribution in [3.05, 3.63) is 11.1 Å². The van der Waals surface area contributed by atoms with E-state index >= 15 is 0 Å². The summed E-state index contributed by atoms with van der Waals surface area (Å²) in [6.45, 7) is 2.32. The zero-order chi connectivity index (χ0) is 15.5. The minimum atomic E-state index is 0.00630. The van der Waals surface area contributed by atoms with Crippen molar-refractivity contribution in [3.63, 3.8) is 0 Å². The first-order valence-electron chi connectivity index (χ1n) is 8.08. The van der Waals surface area contributed by atoms with Gasteiger partial charge in [-0.2, -0.15) is 5.26 Å². The Hall–Kier alpha value is -1.61. The Labute approximate surface area is 135 Å². The van der Waals surface area contributed by atoms with Gasteiger partial charge in [-0.25, -0.2) is 4.98 Å². The van der Waals surface area contributed by atoms with Crippen LogP contribution in [0.15, 0.2) is 6.20 Å². The van der Waals surface area contributed by atoms with E-state index in [1.54, 1.807) is 11.3 Å². The van der Waals surface area contributed by atoms with E-state index in [2.05, 4.69) is 22.5 Å². The normalized spacial score (nSPS) is 30.9. The molecule has 1 amide bonds. The lowest BCUT2D eigenvalue weighted by Gasteiger charge is -2.32. The molecule has 1 heterocycles. The number of anilines is 1. The number of rotatable bonds is 4. The van der Waals surface area contributed by atoms with Crippen molar-refractivity contribution >= 4 is 22.4 Å². The van der Waals surface area contributed by atoms with E-state index in [1.807, 2.05) is 12.4 Å². The van der Waals surface area contributed by atoms with Gasteiger partial charge in [-0.05, 0) is 31.1 Å². The van der Waals surface area contributed by atoms with Crippen LogP contribution in [0.25, 0.3) is 0 Å². The monoisotopic (exact) mass is 318 g/mol. The molecule has 1 aromatic rings. The van der Waals surface area contributed by atoms with Crippen LogP contribution < -0.4 is 10.6 Å². The molecular weight excluding hydrogens is 296 g/mol. The van der Waals surface area contributed by atoms with E-state index in [0.717, 1.165) is 18.0 Å². The molecule has 2 saturated carbocycles. The summed E-state index contributed by atoms with van der Waals surface area (Å²) in [6.07, 6.45) is 10.5. The molecule has 5 nitrogen and oxygen atoms in total. The summed E-state index contributed by atoms with van der Waals surface area (Å²) in [4.78, 5) is 17.8. The van der Waals surface area contributed by atoms with Crippen molar-refractivity contribution in [2.75, 3.05) is 5.32 Å². The van der Waals surface area contributed by atoms with Gasteiger partial charge in [0.2, 0.25) is 5.91 Å². The lowest BCUT2D eigenvalue weighted by atomic mass is 9.80. The van der Waals surface area contributed by atoms with Gasteiger partial charge < -0.3 is 10.6 Å². The number of hydrogen-bond acceptors (Lipinski definition) is 5. The molecule has 0 saturated heterocycles. The number of thiazole rings is 1. The quantitative estimate of drug-likeness (QED) is 0.660. The first-order valence-corrected chi connectivity index (χ1v) is 8.90. The van der Waals surface area contributed by atoms with E-state index in [9.17, 15) is 4.79 Å². The fourth-order valence-corrected chi connectivity index (χ4v) is 4.59. The minimum Gasteiger partial charge on any atom is -0.321 e. The van der Waals surface area contributed by atoms with E-state index in [4.69, 9.17) is 5.26 Å². The predicted octanol–water partition coefficient (Wildman–Crippen LogP) is 3.22. The number of aromatic nitrogens is 1. The van der Waals surface area contributed by atoms with Gasteiger partial charge in [0, 0.05) is 23.0 Å². The molecule has 0 spiro atoms. The summed E-state index contributed by atoms with van der Waals surface area (Å²) in [6, 6.07) is 0.163. The Morgan fingerprint density at radius 2 is 2.18 bits per heavy atom. The Bertz CT molecular complexity index is 573. The van der Waals surface area contributed by atoms with Crippen LogP contribution >= 0.6 is 11.3 Å². The Morgan fingerprint density at radius 1 is 1.41 bits per heavy atom. The van der Waals surface area contributed by atoms with Gasteiger partial charge in [-0.1, -0.05) is 26.2 Å². The summed E-state index contributed by atoms with van der Waals surface area (Å²) in [5.74, 6) is 1.35. The lowest BCUT2D eigenvalue weighted by Crippen LogP contribution is -2.44. The molecule has 0 radical (unpaired) electrons. The number of carbonyl (C=O) groups is 1. The van der Waals surface area contributed by atoms with Crippen LogP contribution in [0.3, 0.4) is 0 Å². The van der Waals surface area contributed by atoms with E-state index in [-0.39, 0.29) is 17.9 Å². The number of nitriles is 1. The van der Waals surface area contributed by atoms with Crippen LogP contribution in [-0.4, -0.2) is 16.9 Å². The van der Waals surface area contributed by atoms with Crippen LogP contribution in [0, 0.1) is 23.3 Å². The molecule has 1 aromatic heterocycles. The van der Waals surface area contributed by atoms with Gasteiger partial charge >= 0.3 is 0 Å². The van der Waals surface area contributed by atoms with Crippen molar-refractivity contribution in [2.45, 2.75) is 57.4 Å². The molecule has 22 heavy (non-hydrogen) atoms. The highest BCUT2D eigenvalue weighted by Crippen LogP contribution is 2.40. The predicted molar refractivity (Wildman–Crippen MR) is 86.4 cm³/mol. The molecule has 0 bridgehead atoms. The zero-order valence-corrected chi connectivity index (χ0v) is 13.7. The van der Waals surface area contributed by atoms with Crippen LogP contribution in [0.4, 0.5) is 5.13 Å². The first-order chi connectivity index (χ1) is 10.7. The maximum atomic E-state index is 12.1. The third-order valence-corrected chi connectivity index (χ3v) is 6.05. The fraction of sp³-hybridized carbons (Fsp3) is 0.688. The van der Waals surface area contributed by atoms with Crippen molar-refractivity contribution in [1.29, 1.82) is 5.26 Å². The highest BCUT2D eigenvalue weighted by Gasteiger charge is 2.35. The van der Waals surface area contributed by atoms with Crippen LogP contribution in [0.1, 0.15) is 56.2 Å². The SMILES string of the molecule is C[C@@H]1CCCC[C@@H]1c1cnc(NC(=O)[C@H]2C[C@H](NC#N)C2)s1. The topological polar surface area (TPSA) is 77.8 Å². The standard InChI is InChI=1S/C16H22N4OS/c1-10-4-2-3-5-13(10)14-8-18-16(22-14)20-15(21)11-6-12(7-11)19-9-17/h8,10-13,19H,2-7H2,1H3,(H,18,20,21)/t10-,11-,12-,13+/m1/s1. The summed E-state index contributed by atoms with van der Waals surface area (Å²) < 4.78 is 0. The van der Waals surface area contributed by atoms with Crippen molar-refractivity contribution < 1.29 is 4.79 Å². The Morgan fingerprint density at radius 3 is 2.91 bits per heavy atom. The summed E-state index contributed by atoms with van der Waals surface area (Å²) >= 11 is 1.62. The molecule has 0 aliphatic heterocycles. The number of amides is 1. The molecule has 0 unspecified atom stereocenters. The number of hydrogen-bond donors (Lipinski definition) is 2. The third kappa shape index (κ3) is 3.25. The smallest absolute Gasteiger partial charge is 0.229 e. The first kappa shape index (κ1) is 15.3. The molecule has 2 fully saturated rings. The van der Waals surface area contributed by atoms with Crippen molar-refractivity contribution in [2.24, 2.45) is 11.8 Å². The molecule has 118 valence electrons. The van der Waals surface area contributed by atoms with Gasteiger partial charge in [-0.15, -0.1) is 11.3 Å². The highest BCUT2D eigenvalue weighted by atomic mass is 32.1. The second kappa shape index (κ2) is 6.66. The second-order valence-corrected chi connectivity index (χ2v) is 7.61. The lowest BCUT2D eigenvalue weighted by molar-refractivity contribution is -0.122. The van der Waals surface area contributed by atoms with E-state index in [0.29, 0.717) is 11.8 Å². The van der Waals surface area contributed by atoms with E-state index in [1.165, 1.54) is 30.6 Å². The number of nitrogens with one attached hydrogen (secondary N) is 2. The molecule has 6 heteroatoms.